The van der Waals surface area contributed by atoms with Gasteiger partial charge in [-0.2, -0.15) is 0 Å². The SMILES string of the molecule is Cc1ccc(Oc2ccc(CCNC(=O)CCC(=O)O)cc2)cc1C. The highest BCUT2D eigenvalue weighted by atomic mass is 16.5. The largest absolute Gasteiger partial charge is 0.481 e. The van der Waals surface area contributed by atoms with Gasteiger partial charge in [-0.3, -0.25) is 9.59 Å². The van der Waals surface area contributed by atoms with Crippen molar-refractivity contribution in [1.29, 1.82) is 0 Å². The molecule has 0 aliphatic heterocycles. The molecule has 0 unspecified atom stereocenters. The first-order valence-electron chi connectivity index (χ1n) is 8.26. The van der Waals surface area contributed by atoms with Gasteiger partial charge in [-0.1, -0.05) is 18.2 Å². The maximum absolute atomic E-state index is 11.5. The lowest BCUT2D eigenvalue weighted by Gasteiger charge is -2.09. The van der Waals surface area contributed by atoms with Crippen LogP contribution < -0.4 is 10.1 Å². The Labute approximate surface area is 147 Å². The first-order chi connectivity index (χ1) is 11.9. The number of carbonyl (C=O) groups is 2. The second-order valence-corrected chi connectivity index (χ2v) is 5.99. The van der Waals surface area contributed by atoms with Gasteiger partial charge in [-0.25, -0.2) is 0 Å². The number of carbonyl (C=O) groups excluding carboxylic acids is 1. The van der Waals surface area contributed by atoms with Crippen molar-refractivity contribution in [2.24, 2.45) is 0 Å². The number of ether oxygens (including phenoxy) is 1. The first-order valence-corrected chi connectivity index (χ1v) is 8.26. The molecule has 2 aromatic carbocycles. The summed E-state index contributed by atoms with van der Waals surface area (Å²) in [5.41, 5.74) is 3.49. The van der Waals surface area contributed by atoms with Gasteiger partial charge in [0.05, 0.1) is 6.42 Å². The van der Waals surface area contributed by atoms with Crippen molar-refractivity contribution in [1.82, 2.24) is 5.32 Å². The van der Waals surface area contributed by atoms with Gasteiger partial charge in [0.1, 0.15) is 11.5 Å². The second kappa shape index (κ2) is 8.87. The number of benzene rings is 2. The molecule has 0 spiro atoms. The molecule has 2 aromatic rings. The summed E-state index contributed by atoms with van der Waals surface area (Å²) in [6.07, 6.45) is 0.553. The minimum Gasteiger partial charge on any atom is -0.481 e. The molecule has 0 heterocycles. The van der Waals surface area contributed by atoms with Gasteiger partial charge in [-0.15, -0.1) is 0 Å². The zero-order valence-corrected chi connectivity index (χ0v) is 14.5. The van der Waals surface area contributed by atoms with Crippen molar-refractivity contribution in [3.05, 3.63) is 59.2 Å². The van der Waals surface area contributed by atoms with Gasteiger partial charge in [-0.05, 0) is 61.2 Å². The number of rotatable bonds is 8. The Hall–Kier alpha value is -2.82. The number of hydrogen-bond acceptors (Lipinski definition) is 3. The highest BCUT2D eigenvalue weighted by molar-refractivity contribution is 5.80. The number of amides is 1. The molecule has 2 rings (SSSR count). The van der Waals surface area contributed by atoms with Crippen molar-refractivity contribution in [2.75, 3.05) is 6.54 Å². The van der Waals surface area contributed by atoms with Crippen LogP contribution in [0.2, 0.25) is 0 Å². The predicted octanol–water partition coefficient (Wildman–Crippen LogP) is 3.62. The van der Waals surface area contributed by atoms with E-state index in [4.69, 9.17) is 9.84 Å². The van der Waals surface area contributed by atoms with Crippen LogP contribution in [0.4, 0.5) is 0 Å². The Bertz CT molecular complexity index is 738. The lowest BCUT2D eigenvalue weighted by molar-refractivity contribution is -0.138. The summed E-state index contributed by atoms with van der Waals surface area (Å²) >= 11 is 0. The van der Waals surface area contributed by atoms with E-state index in [0.29, 0.717) is 13.0 Å². The summed E-state index contributed by atoms with van der Waals surface area (Å²) in [5.74, 6) is 0.366. The predicted molar refractivity (Wildman–Crippen MR) is 96.0 cm³/mol. The van der Waals surface area contributed by atoms with Crippen LogP contribution in [0.5, 0.6) is 11.5 Å². The van der Waals surface area contributed by atoms with Crippen molar-refractivity contribution in [2.45, 2.75) is 33.1 Å². The molecule has 0 aliphatic rings. The number of nitrogens with one attached hydrogen (secondary N) is 1. The Morgan fingerprint density at radius 2 is 1.64 bits per heavy atom. The molecule has 0 radical (unpaired) electrons. The van der Waals surface area contributed by atoms with Crippen LogP contribution in [0.1, 0.15) is 29.5 Å². The lowest BCUT2D eigenvalue weighted by Crippen LogP contribution is -2.25. The fourth-order valence-corrected chi connectivity index (χ4v) is 2.29. The molecule has 132 valence electrons. The molecular formula is C20H23NO4. The minimum atomic E-state index is -0.963. The first kappa shape index (κ1) is 18.5. The molecule has 5 nitrogen and oxygen atoms in total. The zero-order chi connectivity index (χ0) is 18.2. The Morgan fingerprint density at radius 3 is 2.28 bits per heavy atom. The number of aliphatic carboxylic acids is 1. The van der Waals surface area contributed by atoms with Crippen LogP contribution in [0.3, 0.4) is 0 Å². The van der Waals surface area contributed by atoms with Gasteiger partial charge < -0.3 is 15.2 Å². The molecule has 1 amide bonds. The molecule has 0 atom stereocenters. The highest BCUT2D eigenvalue weighted by Crippen LogP contribution is 2.24. The maximum atomic E-state index is 11.5. The van der Waals surface area contributed by atoms with E-state index in [9.17, 15) is 9.59 Å². The zero-order valence-electron chi connectivity index (χ0n) is 14.5. The van der Waals surface area contributed by atoms with E-state index in [0.717, 1.165) is 17.1 Å². The molecular weight excluding hydrogens is 318 g/mol. The van der Waals surface area contributed by atoms with Crippen LogP contribution in [-0.4, -0.2) is 23.5 Å². The van der Waals surface area contributed by atoms with Crippen LogP contribution in [0, 0.1) is 13.8 Å². The van der Waals surface area contributed by atoms with Crippen LogP contribution in [-0.2, 0) is 16.0 Å². The van der Waals surface area contributed by atoms with E-state index in [1.165, 1.54) is 11.1 Å². The van der Waals surface area contributed by atoms with Crippen molar-refractivity contribution in [3.8, 4) is 11.5 Å². The fourth-order valence-electron chi connectivity index (χ4n) is 2.29. The van der Waals surface area contributed by atoms with E-state index in [1.807, 2.05) is 42.5 Å². The van der Waals surface area contributed by atoms with E-state index >= 15 is 0 Å². The molecule has 0 bridgehead atoms. The highest BCUT2D eigenvalue weighted by Gasteiger charge is 2.05. The summed E-state index contributed by atoms with van der Waals surface area (Å²) in [6.45, 7) is 4.60. The summed E-state index contributed by atoms with van der Waals surface area (Å²) < 4.78 is 5.84. The molecule has 25 heavy (non-hydrogen) atoms. The standard InChI is InChI=1S/C20H23NO4/c1-14-3-6-18(13-15(14)2)25-17-7-4-16(5-8-17)11-12-21-19(22)9-10-20(23)24/h3-8,13H,9-12H2,1-2H3,(H,21,22)(H,23,24). The monoisotopic (exact) mass is 341 g/mol. The van der Waals surface area contributed by atoms with Gasteiger partial charge in [0.25, 0.3) is 0 Å². The third-order valence-corrected chi connectivity index (χ3v) is 3.94. The summed E-state index contributed by atoms with van der Waals surface area (Å²) in [6, 6.07) is 13.7. The fraction of sp³-hybridized carbons (Fsp3) is 0.300. The smallest absolute Gasteiger partial charge is 0.303 e. The van der Waals surface area contributed by atoms with Gasteiger partial charge >= 0.3 is 5.97 Å². The lowest BCUT2D eigenvalue weighted by atomic mass is 10.1. The number of carboxylic acid groups (broad SMARTS) is 1. The number of carboxylic acids is 1. The summed E-state index contributed by atoms with van der Waals surface area (Å²) in [4.78, 5) is 21.9. The maximum Gasteiger partial charge on any atom is 0.303 e. The Balaban J connectivity index is 1.80. The summed E-state index contributed by atoms with van der Waals surface area (Å²) in [5, 5.41) is 11.3. The molecule has 5 heteroatoms. The third-order valence-electron chi connectivity index (χ3n) is 3.94. The number of aryl methyl sites for hydroxylation is 2. The average Bonchev–Trinajstić information content (AvgIpc) is 2.58. The Morgan fingerprint density at radius 1 is 0.960 bits per heavy atom. The van der Waals surface area contributed by atoms with Crippen molar-refractivity contribution in [3.63, 3.8) is 0 Å². The Kier molecular flexibility index (Phi) is 6.57. The normalized spacial score (nSPS) is 10.3. The number of hydrogen-bond donors (Lipinski definition) is 2. The summed E-state index contributed by atoms with van der Waals surface area (Å²) in [7, 11) is 0. The molecule has 0 aromatic heterocycles. The van der Waals surface area contributed by atoms with Crippen molar-refractivity contribution >= 4 is 11.9 Å². The van der Waals surface area contributed by atoms with Crippen LogP contribution >= 0.6 is 0 Å². The third kappa shape index (κ3) is 6.30. The van der Waals surface area contributed by atoms with Crippen molar-refractivity contribution < 1.29 is 19.4 Å². The van der Waals surface area contributed by atoms with Gasteiger partial charge in [0, 0.05) is 13.0 Å². The van der Waals surface area contributed by atoms with E-state index in [1.54, 1.807) is 0 Å². The molecule has 0 fully saturated rings. The molecule has 2 N–H and O–H groups in total. The molecule has 0 saturated carbocycles. The van der Waals surface area contributed by atoms with E-state index in [2.05, 4.69) is 19.2 Å². The van der Waals surface area contributed by atoms with Gasteiger partial charge in [0.15, 0.2) is 0 Å². The van der Waals surface area contributed by atoms with E-state index < -0.39 is 5.97 Å². The molecule has 0 saturated heterocycles. The van der Waals surface area contributed by atoms with Crippen LogP contribution in [0.15, 0.2) is 42.5 Å². The second-order valence-electron chi connectivity index (χ2n) is 5.99. The topological polar surface area (TPSA) is 75.6 Å². The average molecular weight is 341 g/mol. The molecule has 0 aliphatic carbocycles. The minimum absolute atomic E-state index is 0.0120. The van der Waals surface area contributed by atoms with E-state index in [-0.39, 0.29) is 18.7 Å². The quantitative estimate of drug-likeness (QED) is 0.769. The van der Waals surface area contributed by atoms with Gasteiger partial charge in [0.2, 0.25) is 5.91 Å². The van der Waals surface area contributed by atoms with Crippen LogP contribution in [0.25, 0.3) is 0 Å².